The lowest BCUT2D eigenvalue weighted by Gasteiger charge is -2.16. The second-order valence-electron chi connectivity index (χ2n) is 4.09. The second kappa shape index (κ2) is 6.29. The van der Waals surface area contributed by atoms with Crippen molar-refractivity contribution in [3.8, 4) is 0 Å². The Morgan fingerprint density at radius 2 is 1.95 bits per heavy atom. The van der Waals surface area contributed by atoms with Crippen molar-refractivity contribution in [3.05, 3.63) is 58.9 Å². The molecule has 19 heavy (non-hydrogen) atoms. The summed E-state index contributed by atoms with van der Waals surface area (Å²) < 4.78 is 0. The Morgan fingerprint density at radius 1 is 1.21 bits per heavy atom. The fraction of sp³-hybridized carbons (Fsp3) is 0.214. The fourth-order valence-corrected chi connectivity index (χ4v) is 1.88. The maximum Gasteiger partial charge on any atom is 0.272 e. The largest absolute Gasteiger partial charge is 0.344 e. The van der Waals surface area contributed by atoms with E-state index in [0.717, 1.165) is 12.0 Å². The van der Waals surface area contributed by atoms with Gasteiger partial charge in [0.2, 0.25) is 0 Å². The first kappa shape index (κ1) is 13.5. The molecule has 1 atom stereocenters. The number of carbonyl (C=O) groups excluding carboxylic acids is 1. The Labute approximate surface area is 116 Å². The van der Waals surface area contributed by atoms with Crippen LogP contribution in [0.3, 0.4) is 0 Å². The number of amides is 1. The number of halogens is 1. The lowest BCUT2D eigenvalue weighted by molar-refractivity contribution is 0.0929. The van der Waals surface area contributed by atoms with E-state index >= 15 is 0 Å². The molecule has 0 aliphatic rings. The predicted octanol–water partition coefficient (Wildman–Crippen LogP) is 3.01. The zero-order valence-electron chi connectivity index (χ0n) is 10.5. The van der Waals surface area contributed by atoms with Gasteiger partial charge in [0.05, 0.1) is 6.04 Å². The van der Waals surface area contributed by atoms with Crippen molar-refractivity contribution in [2.24, 2.45) is 0 Å². The van der Waals surface area contributed by atoms with E-state index in [-0.39, 0.29) is 22.8 Å². The highest BCUT2D eigenvalue weighted by molar-refractivity contribution is 6.29. The highest BCUT2D eigenvalue weighted by Crippen LogP contribution is 2.16. The van der Waals surface area contributed by atoms with E-state index in [2.05, 4.69) is 15.5 Å². The van der Waals surface area contributed by atoms with Crippen LogP contribution in [0.5, 0.6) is 0 Å². The molecule has 2 aromatic rings. The van der Waals surface area contributed by atoms with E-state index in [1.807, 2.05) is 37.3 Å². The third kappa shape index (κ3) is 3.51. The molecule has 0 aliphatic heterocycles. The highest BCUT2D eigenvalue weighted by atomic mass is 35.5. The molecule has 0 fully saturated rings. The minimum Gasteiger partial charge on any atom is -0.344 e. The maximum atomic E-state index is 12.0. The Bertz CT molecular complexity index is 542. The quantitative estimate of drug-likeness (QED) is 0.933. The lowest BCUT2D eigenvalue weighted by atomic mass is 10.0. The van der Waals surface area contributed by atoms with Gasteiger partial charge in [-0.1, -0.05) is 48.9 Å². The summed E-state index contributed by atoms with van der Waals surface area (Å²) in [4.78, 5) is 12.0. The molecule has 5 heteroatoms. The molecule has 1 N–H and O–H groups in total. The molecule has 98 valence electrons. The molecule has 1 heterocycles. The molecule has 1 aromatic heterocycles. The van der Waals surface area contributed by atoms with E-state index < -0.39 is 0 Å². The Morgan fingerprint density at radius 3 is 2.53 bits per heavy atom. The fourth-order valence-electron chi connectivity index (χ4n) is 1.78. The third-order valence-corrected chi connectivity index (χ3v) is 2.98. The molecule has 0 bridgehead atoms. The van der Waals surface area contributed by atoms with Gasteiger partial charge >= 0.3 is 0 Å². The van der Waals surface area contributed by atoms with Gasteiger partial charge in [-0.05, 0) is 24.1 Å². The van der Waals surface area contributed by atoms with Crippen molar-refractivity contribution in [1.82, 2.24) is 15.5 Å². The van der Waals surface area contributed by atoms with Crippen LogP contribution in [0, 0.1) is 0 Å². The van der Waals surface area contributed by atoms with Crippen molar-refractivity contribution < 1.29 is 4.79 Å². The van der Waals surface area contributed by atoms with Crippen molar-refractivity contribution in [2.75, 3.05) is 0 Å². The van der Waals surface area contributed by atoms with Crippen molar-refractivity contribution in [1.29, 1.82) is 0 Å². The molecular weight excluding hydrogens is 262 g/mol. The van der Waals surface area contributed by atoms with Gasteiger partial charge in [0.25, 0.3) is 5.91 Å². The van der Waals surface area contributed by atoms with Gasteiger partial charge in [-0.25, -0.2) is 0 Å². The molecule has 0 radical (unpaired) electrons. The number of nitrogens with one attached hydrogen (secondary N) is 1. The molecular formula is C14H14ClN3O. The van der Waals surface area contributed by atoms with Gasteiger partial charge in [0.1, 0.15) is 0 Å². The number of rotatable bonds is 4. The molecule has 0 spiro atoms. The van der Waals surface area contributed by atoms with Crippen LogP contribution in [0.25, 0.3) is 0 Å². The molecule has 0 saturated heterocycles. The van der Waals surface area contributed by atoms with Gasteiger partial charge < -0.3 is 5.32 Å². The Balaban J connectivity index is 2.10. The zero-order valence-corrected chi connectivity index (χ0v) is 11.3. The summed E-state index contributed by atoms with van der Waals surface area (Å²) in [6.07, 6.45) is 0.802. The maximum absolute atomic E-state index is 12.0. The molecule has 1 unspecified atom stereocenters. The number of nitrogens with zero attached hydrogens (tertiary/aromatic N) is 2. The molecule has 1 amide bonds. The van der Waals surface area contributed by atoms with Gasteiger partial charge in [-0.2, -0.15) is 0 Å². The molecule has 0 aliphatic carbocycles. The summed E-state index contributed by atoms with van der Waals surface area (Å²) in [5, 5.41) is 10.6. The van der Waals surface area contributed by atoms with Gasteiger partial charge in [-0.15, -0.1) is 10.2 Å². The second-order valence-corrected chi connectivity index (χ2v) is 4.47. The lowest BCUT2D eigenvalue weighted by Crippen LogP contribution is -2.29. The number of carbonyl (C=O) groups is 1. The molecule has 1 aromatic carbocycles. The summed E-state index contributed by atoms with van der Waals surface area (Å²) in [6.45, 7) is 2.02. The van der Waals surface area contributed by atoms with Crippen LogP contribution in [-0.4, -0.2) is 16.1 Å². The van der Waals surface area contributed by atoms with Crippen LogP contribution in [0.1, 0.15) is 35.4 Å². The van der Waals surface area contributed by atoms with Crippen LogP contribution in [0.4, 0.5) is 0 Å². The topological polar surface area (TPSA) is 54.9 Å². The normalized spacial score (nSPS) is 11.9. The third-order valence-electron chi connectivity index (χ3n) is 2.78. The molecule has 0 saturated carbocycles. The smallest absolute Gasteiger partial charge is 0.272 e. The van der Waals surface area contributed by atoms with Crippen LogP contribution < -0.4 is 5.32 Å². The highest BCUT2D eigenvalue weighted by Gasteiger charge is 2.15. The van der Waals surface area contributed by atoms with Crippen LogP contribution in [0.2, 0.25) is 5.15 Å². The van der Waals surface area contributed by atoms with E-state index in [9.17, 15) is 4.79 Å². The van der Waals surface area contributed by atoms with Crippen LogP contribution >= 0.6 is 11.6 Å². The summed E-state index contributed by atoms with van der Waals surface area (Å²) >= 11 is 5.64. The minimum absolute atomic E-state index is 0.0359. The Hall–Kier alpha value is -1.94. The monoisotopic (exact) mass is 275 g/mol. The predicted molar refractivity (Wildman–Crippen MR) is 74.0 cm³/mol. The molecule has 4 nitrogen and oxygen atoms in total. The minimum atomic E-state index is -0.250. The van der Waals surface area contributed by atoms with E-state index in [1.54, 1.807) is 12.1 Å². The van der Waals surface area contributed by atoms with Gasteiger partial charge in [0, 0.05) is 0 Å². The average molecular weight is 276 g/mol. The van der Waals surface area contributed by atoms with Crippen molar-refractivity contribution in [2.45, 2.75) is 19.4 Å². The van der Waals surface area contributed by atoms with E-state index in [0.29, 0.717) is 0 Å². The summed E-state index contributed by atoms with van der Waals surface area (Å²) in [7, 11) is 0. The standard InChI is InChI=1S/C14H14ClN3O/c1-2-11(10-6-4-3-5-7-10)16-14(19)12-8-9-13(15)18-17-12/h3-9,11H,2H2,1H3,(H,16,19). The first-order valence-corrected chi connectivity index (χ1v) is 6.43. The van der Waals surface area contributed by atoms with E-state index in [4.69, 9.17) is 11.6 Å². The van der Waals surface area contributed by atoms with E-state index in [1.165, 1.54) is 0 Å². The van der Waals surface area contributed by atoms with Crippen LogP contribution in [0.15, 0.2) is 42.5 Å². The number of hydrogen-bond donors (Lipinski definition) is 1. The van der Waals surface area contributed by atoms with Gasteiger partial charge in [0.15, 0.2) is 10.8 Å². The SMILES string of the molecule is CCC(NC(=O)c1ccc(Cl)nn1)c1ccccc1. The summed E-state index contributed by atoms with van der Waals surface area (Å²) in [6, 6.07) is 12.9. The zero-order chi connectivity index (χ0) is 13.7. The number of hydrogen-bond acceptors (Lipinski definition) is 3. The number of aromatic nitrogens is 2. The van der Waals surface area contributed by atoms with Crippen LogP contribution in [-0.2, 0) is 0 Å². The first-order chi connectivity index (χ1) is 9.20. The number of benzene rings is 1. The van der Waals surface area contributed by atoms with Gasteiger partial charge in [-0.3, -0.25) is 4.79 Å². The van der Waals surface area contributed by atoms with Crippen molar-refractivity contribution >= 4 is 17.5 Å². The first-order valence-electron chi connectivity index (χ1n) is 6.05. The molecule has 2 rings (SSSR count). The average Bonchev–Trinajstić information content (AvgIpc) is 2.46. The summed E-state index contributed by atoms with van der Waals surface area (Å²) in [5.41, 5.74) is 1.33. The van der Waals surface area contributed by atoms with Crippen molar-refractivity contribution in [3.63, 3.8) is 0 Å². The Kier molecular flexibility index (Phi) is 4.47. The summed E-state index contributed by atoms with van der Waals surface area (Å²) in [5.74, 6) is -0.250.